The maximum atomic E-state index is 12.5. The van der Waals surface area contributed by atoms with Gasteiger partial charge in [-0.25, -0.2) is 4.98 Å². The van der Waals surface area contributed by atoms with Crippen LogP contribution in [0.2, 0.25) is 0 Å². The molecular formula is C18H15N3O3S. The standard InChI is InChI=1S/C18H15N3O3S/c1-11(9-12-5-4-8-24-12)19-17(23)15-10-16(22)21-14-7-3-2-6-13(14)20-18(21)25-15/h2-8,10-11H,9H2,1H3,(H,19,23). The topological polar surface area (TPSA) is 76.6 Å². The largest absolute Gasteiger partial charge is 0.469 e. The fraction of sp³-hybridized carbons (Fsp3) is 0.167. The summed E-state index contributed by atoms with van der Waals surface area (Å²) in [4.78, 5) is 30.2. The SMILES string of the molecule is CC(Cc1ccco1)NC(=O)c1cc(=O)n2c(nc3ccccc32)s1. The van der Waals surface area contributed by atoms with Crippen molar-refractivity contribution in [3.05, 3.63) is 69.7 Å². The molecule has 0 spiro atoms. The summed E-state index contributed by atoms with van der Waals surface area (Å²) in [5.74, 6) is 0.520. The van der Waals surface area contributed by atoms with Crippen LogP contribution in [0.3, 0.4) is 0 Å². The molecular weight excluding hydrogens is 338 g/mol. The molecule has 0 aliphatic rings. The lowest BCUT2D eigenvalue weighted by Gasteiger charge is -2.12. The summed E-state index contributed by atoms with van der Waals surface area (Å²) >= 11 is 1.20. The number of rotatable bonds is 4. The van der Waals surface area contributed by atoms with Crippen LogP contribution in [0.5, 0.6) is 0 Å². The molecule has 0 aliphatic carbocycles. The van der Waals surface area contributed by atoms with Crippen LogP contribution >= 0.6 is 11.3 Å². The van der Waals surface area contributed by atoms with Crippen molar-refractivity contribution in [3.8, 4) is 0 Å². The average Bonchev–Trinajstić information content (AvgIpc) is 3.21. The van der Waals surface area contributed by atoms with Crippen LogP contribution in [0.1, 0.15) is 22.4 Å². The van der Waals surface area contributed by atoms with Crippen LogP contribution < -0.4 is 10.9 Å². The Balaban J connectivity index is 1.63. The van der Waals surface area contributed by atoms with Crippen molar-refractivity contribution in [1.82, 2.24) is 14.7 Å². The molecule has 4 aromatic rings. The van der Waals surface area contributed by atoms with Gasteiger partial charge >= 0.3 is 0 Å². The zero-order valence-corrected chi connectivity index (χ0v) is 14.2. The molecule has 4 rings (SSSR count). The van der Waals surface area contributed by atoms with Crippen LogP contribution in [-0.2, 0) is 6.42 Å². The molecule has 25 heavy (non-hydrogen) atoms. The number of benzene rings is 1. The summed E-state index contributed by atoms with van der Waals surface area (Å²) in [7, 11) is 0. The molecule has 1 amide bonds. The molecule has 0 saturated heterocycles. The van der Waals surface area contributed by atoms with Crippen molar-refractivity contribution in [1.29, 1.82) is 0 Å². The van der Waals surface area contributed by atoms with Crippen LogP contribution in [0.4, 0.5) is 0 Å². The number of carbonyl (C=O) groups excluding carboxylic acids is 1. The third-order valence-electron chi connectivity index (χ3n) is 3.89. The van der Waals surface area contributed by atoms with Crippen LogP contribution in [0.25, 0.3) is 16.0 Å². The Labute approximate surface area is 146 Å². The maximum absolute atomic E-state index is 12.5. The molecule has 0 aliphatic heterocycles. The first-order valence-corrected chi connectivity index (χ1v) is 8.68. The number of amides is 1. The predicted octanol–water partition coefficient (Wildman–Crippen LogP) is 2.86. The van der Waals surface area contributed by atoms with E-state index in [1.54, 1.807) is 6.26 Å². The smallest absolute Gasteiger partial charge is 0.261 e. The van der Waals surface area contributed by atoms with E-state index in [1.807, 2.05) is 43.3 Å². The van der Waals surface area contributed by atoms with E-state index in [0.29, 0.717) is 16.3 Å². The summed E-state index contributed by atoms with van der Waals surface area (Å²) in [6.07, 6.45) is 2.19. The highest BCUT2D eigenvalue weighted by Crippen LogP contribution is 2.19. The number of para-hydroxylation sites is 2. The maximum Gasteiger partial charge on any atom is 0.261 e. The molecule has 0 fully saturated rings. The fourth-order valence-electron chi connectivity index (χ4n) is 2.78. The summed E-state index contributed by atoms with van der Waals surface area (Å²) in [5.41, 5.74) is 1.22. The van der Waals surface area contributed by atoms with Gasteiger partial charge in [0, 0.05) is 18.5 Å². The first-order valence-electron chi connectivity index (χ1n) is 7.86. The number of nitrogens with one attached hydrogen (secondary N) is 1. The van der Waals surface area contributed by atoms with Crippen molar-refractivity contribution in [2.75, 3.05) is 0 Å². The lowest BCUT2D eigenvalue weighted by Crippen LogP contribution is -2.34. The van der Waals surface area contributed by atoms with Crippen LogP contribution in [0.15, 0.2) is 57.9 Å². The second-order valence-electron chi connectivity index (χ2n) is 5.83. The van der Waals surface area contributed by atoms with Gasteiger partial charge in [-0.15, -0.1) is 0 Å². The van der Waals surface area contributed by atoms with Gasteiger partial charge in [-0.05, 0) is 31.2 Å². The number of hydrogen-bond acceptors (Lipinski definition) is 5. The molecule has 126 valence electrons. The van der Waals surface area contributed by atoms with E-state index in [9.17, 15) is 9.59 Å². The first kappa shape index (κ1) is 15.6. The molecule has 0 bridgehead atoms. The van der Waals surface area contributed by atoms with Gasteiger partial charge in [-0.2, -0.15) is 0 Å². The van der Waals surface area contributed by atoms with E-state index < -0.39 is 0 Å². The lowest BCUT2D eigenvalue weighted by molar-refractivity contribution is 0.0943. The zero-order valence-electron chi connectivity index (χ0n) is 13.4. The zero-order chi connectivity index (χ0) is 17.4. The van der Waals surface area contributed by atoms with Gasteiger partial charge in [0.2, 0.25) is 0 Å². The molecule has 1 atom stereocenters. The molecule has 7 heteroatoms. The van der Waals surface area contributed by atoms with Crippen LogP contribution in [-0.4, -0.2) is 21.3 Å². The quantitative estimate of drug-likeness (QED) is 0.612. The number of furan rings is 1. The number of fused-ring (bicyclic) bond motifs is 3. The van der Waals surface area contributed by atoms with E-state index in [0.717, 1.165) is 16.8 Å². The number of hydrogen-bond donors (Lipinski definition) is 1. The summed E-state index contributed by atoms with van der Waals surface area (Å²) in [6.45, 7) is 1.89. The second-order valence-corrected chi connectivity index (χ2v) is 6.83. The lowest BCUT2D eigenvalue weighted by atomic mass is 10.2. The Bertz CT molecular complexity index is 1110. The fourth-order valence-corrected chi connectivity index (χ4v) is 3.71. The van der Waals surface area contributed by atoms with Gasteiger partial charge in [0.15, 0.2) is 4.96 Å². The molecule has 0 radical (unpaired) electrons. The number of imidazole rings is 1. The molecule has 3 aromatic heterocycles. The Morgan fingerprint density at radius 2 is 2.16 bits per heavy atom. The first-order chi connectivity index (χ1) is 12.1. The Morgan fingerprint density at radius 1 is 1.32 bits per heavy atom. The van der Waals surface area contributed by atoms with Crippen molar-refractivity contribution in [3.63, 3.8) is 0 Å². The van der Waals surface area contributed by atoms with Gasteiger partial charge in [0.05, 0.1) is 17.3 Å². The number of aromatic nitrogens is 2. The van der Waals surface area contributed by atoms with Crippen molar-refractivity contribution >= 4 is 33.2 Å². The highest BCUT2D eigenvalue weighted by molar-refractivity contribution is 7.18. The van der Waals surface area contributed by atoms with Crippen LogP contribution in [0, 0.1) is 0 Å². The highest BCUT2D eigenvalue weighted by atomic mass is 32.1. The third-order valence-corrected chi connectivity index (χ3v) is 4.87. The molecule has 0 saturated carbocycles. The summed E-state index contributed by atoms with van der Waals surface area (Å²) in [6, 6.07) is 12.3. The van der Waals surface area contributed by atoms with E-state index in [4.69, 9.17) is 4.42 Å². The molecule has 3 heterocycles. The minimum Gasteiger partial charge on any atom is -0.469 e. The van der Waals surface area contributed by atoms with Gasteiger partial charge in [-0.3, -0.25) is 14.0 Å². The number of carbonyl (C=O) groups is 1. The average molecular weight is 353 g/mol. The Hall–Kier alpha value is -2.93. The van der Waals surface area contributed by atoms with Gasteiger partial charge in [0.1, 0.15) is 10.6 Å². The minimum absolute atomic E-state index is 0.115. The van der Waals surface area contributed by atoms with Crippen molar-refractivity contribution in [2.24, 2.45) is 0 Å². The van der Waals surface area contributed by atoms with Gasteiger partial charge in [0.25, 0.3) is 11.5 Å². The molecule has 1 unspecified atom stereocenters. The van der Waals surface area contributed by atoms with Crippen molar-refractivity contribution in [2.45, 2.75) is 19.4 Å². The predicted molar refractivity (Wildman–Crippen MR) is 96.2 cm³/mol. The molecule has 1 N–H and O–H groups in total. The summed E-state index contributed by atoms with van der Waals surface area (Å²) < 4.78 is 6.82. The Morgan fingerprint density at radius 3 is 2.96 bits per heavy atom. The normalized spacial score (nSPS) is 12.5. The van der Waals surface area contributed by atoms with E-state index >= 15 is 0 Å². The molecule has 1 aromatic carbocycles. The molecule has 6 nitrogen and oxygen atoms in total. The third kappa shape index (κ3) is 2.94. The minimum atomic E-state index is -0.282. The second kappa shape index (κ2) is 6.18. The van der Waals surface area contributed by atoms with E-state index in [1.165, 1.54) is 21.8 Å². The monoisotopic (exact) mass is 353 g/mol. The van der Waals surface area contributed by atoms with Gasteiger partial charge < -0.3 is 9.73 Å². The number of nitrogens with zero attached hydrogens (tertiary/aromatic N) is 2. The van der Waals surface area contributed by atoms with E-state index in [-0.39, 0.29) is 17.5 Å². The van der Waals surface area contributed by atoms with E-state index in [2.05, 4.69) is 10.3 Å². The van der Waals surface area contributed by atoms with Gasteiger partial charge in [-0.1, -0.05) is 23.5 Å². The highest BCUT2D eigenvalue weighted by Gasteiger charge is 2.16. The Kier molecular flexibility index (Phi) is 3.85. The summed E-state index contributed by atoms with van der Waals surface area (Å²) in [5, 5.41) is 2.90. The van der Waals surface area contributed by atoms with Crippen molar-refractivity contribution < 1.29 is 9.21 Å².